The van der Waals surface area contributed by atoms with Gasteiger partial charge in [-0.15, -0.1) is 11.3 Å². The van der Waals surface area contributed by atoms with Gasteiger partial charge in [-0.1, -0.05) is 0 Å². The molecule has 2 amide bonds. The van der Waals surface area contributed by atoms with Crippen LogP contribution < -0.4 is 15.8 Å². The number of hydrogen-bond acceptors (Lipinski definition) is 6. The monoisotopic (exact) mass is 388 g/mol. The number of likely N-dealkylation sites (tertiary alicyclic amines) is 1. The van der Waals surface area contributed by atoms with Crippen molar-refractivity contribution in [3.05, 3.63) is 39.8 Å². The van der Waals surface area contributed by atoms with Crippen LogP contribution in [0.25, 0.3) is 0 Å². The van der Waals surface area contributed by atoms with Crippen LogP contribution in [0.4, 0.5) is 5.69 Å². The Kier molecular flexibility index (Phi) is 6.41. The van der Waals surface area contributed by atoms with Crippen LogP contribution in [0.15, 0.2) is 23.6 Å². The third-order valence-corrected chi connectivity index (χ3v) is 5.25. The smallest absolute Gasteiger partial charge is 0.275 e. The lowest BCUT2D eigenvalue weighted by Crippen LogP contribution is -2.35. The molecule has 1 fully saturated rings. The number of aromatic nitrogens is 1. The van der Waals surface area contributed by atoms with Gasteiger partial charge >= 0.3 is 0 Å². The van der Waals surface area contributed by atoms with Crippen LogP contribution >= 0.6 is 11.3 Å². The van der Waals surface area contributed by atoms with E-state index in [-0.39, 0.29) is 11.8 Å². The van der Waals surface area contributed by atoms with Gasteiger partial charge in [0, 0.05) is 30.6 Å². The van der Waals surface area contributed by atoms with Crippen molar-refractivity contribution in [3.8, 4) is 5.75 Å². The first-order valence-electron chi connectivity index (χ1n) is 9.14. The minimum Gasteiger partial charge on any atom is -0.492 e. The van der Waals surface area contributed by atoms with E-state index in [4.69, 9.17) is 10.5 Å². The van der Waals surface area contributed by atoms with E-state index >= 15 is 0 Å². The highest BCUT2D eigenvalue weighted by atomic mass is 32.1. The zero-order chi connectivity index (χ0) is 19.2. The highest BCUT2D eigenvalue weighted by Crippen LogP contribution is 2.28. The molecule has 2 aromatic rings. The van der Waals surface area contributed by atoms with Crippen LogP contribution in [0.1, 0.15) is 52.0 Å². The molecule has 2 heterocycles. The van der Waals surface area contributed by atoms with Gasteiger partial charge in [0.25, 0.3) is 11.8 Å². The molecule has 1 aromatic heterocycles. The number of nitrogens with one attached hydrogen (secondary N) is 1. The summed E-state index contributed by atoms with van der Waals surface area (Å²) in [7, 11) is 0. The lowest BCUT2D eigenvalue weighted by molar-refractivity contribution is 0.0724. The zero-order valence-corrected chi connectivity index (χ0v) is 16.2. The predicted octanol–water partition coefficient (Wildman–Crippen LogP) is 2.88. The van der Waals surface area contributed by atoms with Crippen molar-refractivity contribution in [1.29, 1.82) is 0 Å². The van der Waals surface area contributed by atoms with Crippen molar-refractivity contribution < 1.29 is 14.3 Å². The van der Waals surface area contributed by atoms with Gasteiger partial charge in [-0.2, -0.15) is 0 Å². The molecular weight excluding hydrogens is 364 g/mol. The number of nitrogens with two attached hydrogens (primary N) is 1. The Balaban J connectivity index is 1.82. The summed E-state index contributed by atoms with van der Waals surface area (Å²) in [5.41, 5.74) is 6.86. The maximum Gasteiger partial charge on any atom is 0.275 e. The third kappa shape index (κ3) is 4.64. The van der Waals surface area contributed by atoms with Crippen molar-refractivity contribution in [3.63, 3.8) is 0 Å². The number of rotatable bonds is 6. The van der Waals surface area contributed by atoms with E-state index in [0.717, 1.165) is 32.4 Å². The molecule has 0 radical (unpaired) electrons. The van der Waals surface area contributed by atoms with E-state index in [9.17, 15) is 9.59 Å². The molecule has 0 aliphatic carbocycles. The molecule has 7 nitrogen and oxygen atoms in total. The molecule has 8 heteroatoms. The van der Waals surface area contributed by atoms with Crippen molar-refractivity contribution in [2.24, 2.45) is 5.73 Å². The summed E-state index contributed by atoms with van der Waals surface area (Å²) < 4.78 is 5.60. The SMILES string of the molecule is CCOc1ccc(C(=O)N2CCCCC2)cc1NC(=O)c1csc(CN)n1. The van der Waals surface area contributed by atoms with Gasteiger partial charge in [0.1, 0.15) is 16.5 Å². The molecule has 0 atom stereocenters. The summed E-state index contributed by atoms with van der Waals surface area (Å²) in [6, 6.07) is 5.14. The molecule has 27 heavy (non-hydrogen) atoms. The summed E-state index contributed by atoms with van der Waals surface area (Å²) in [4.78, 5) is 31.3. The molecule has 0 saturated carbocycles. The second-order valence-corrected chi connectivity index (χ2v) is 7.22. The molecule has 1 saturated heterocycles. The first kappa shape index (κ1) is 19.3. The van der Waals surface area contributed by atoms with E-state index in [1.807, 2.05) is 11.8 Å². The fraction of sp³-hybridized carbons (Fsp3) is 0.421. The Hall–Kier alpha value is -2.45. The van der Waals surface area contributed by atoms with Crippen LogP contribution in [0.2, 0.25) is 0 Å². The predicted molar refractivity (Wildman–Crippen MR) is 105 cm³/mol. The minimum absolute atomic E-state index is 0.0210. The third-order valence-electron chi connectivity index (χ3n) is 4.38. The van der Waals surface area contributed by atoms with Gasteiger partial charge < -0.3 is 20.7 Å². The van der Waals surface area contributed by atoms with Crippen LogP contribution in [0.3, 0.4) is 0 Å². The lowest BCUT2D eigenvalue weighted by Gasteiger charge is -2.27. The number of carbonyl (C=O) groups excluding carboxylic acids is 2. The highest BCUT2D eigenvalue weighted by Gasteiger charge is 2.20. The van der Waals surface area contributed by atoms with Crippen molar-refractivity contribution in [1.82, 2.24) is 9.88 Å². The maximum atomic E-state index is 12.8. The quantitative estimate of drug-likeness (QED) is 0.793. The first-order valence-corrected chi connectivity index (χ1v) is 10.0. The maximum absolute atomic E-state index is 12.8. The van der Waals surface area contributed by atoms with E-state index in [1.54, 1.807) is 23.6 Å². The number of hydrogen-bond donors (Lipinski definition) is 2. The number of amides is 2. The van der Waals surface area contributed by atoms with Crippen LogP contribution in [-0.2, 0) is 6.54 Å². The molecule has 3 N–H and O–H groups in total. The Bertz CT molecular complexity index is 815. The topological polar surface area (TPSA) is 97.5 Å². The fourth-order valence-corrected chi connectivity index (χ4v) is 3.67. The molecule has 0 bridgehead atoms. The Morgan fingerprint density at radius 2 is 2.07 bits per heavy atom. The average Bonchev–Trinajstić information content (AvgIpc) is 3.19. The van der Waals surface area contributed by atoms with Crippen LogP contribution in [0, 0.1) is 0 Å². The van der Waals surface area contributed by atoms with Crippen LogP contribution in [-0.4, -0.2) is 41.4 Å². The molecule has 1 aliphatic rings. The number of ether oxygens (including phenoxy) is 1. The van der Waals surface area contributed by atoms with Gasteiger partial charge in [0.15, 0.2) is 0 Å². The standard InChI is InChI=1S/C19H24N4O3S/c1-2-26-16-7-6-13(19(25)23-8-4-3-5-9-23)10-14(16)22-18(24)15-12-27-17(11-20)21-15/h6-7,10,12H,2-5,8-9,11,20H2,1H3,(H,22,24). The number of nitrogens with zero attached hydrogens (tertiary/aromatic N) is 2. The van der Waals surface area contributed by atoms with E-state index < -0.39 is 0 Å². The summed E-state index contributed by atoms with van der Waals surface area (Å²) in [5.74, 6) is 0.150. The van der Waals surface area contributed by atoms with E-state index in [0.29, 0.717) is 40.9 Å². The largest absolute Gasteiger partial charge is 0.492 e. The van der Waals surface area contributed by atoms with Gasteiger partial charge in [0.05, 0.1) is 12.3 Å². The first-order chi connectivity index (χ1) is 13.1. The summed E-state index contributed by atoms with van der Waals surface area (Å²) in [6.45, 7) is 4.16. The zero-order valence-electron chi connectivity index (χ0n) is 15.4. The summed E-state index contributed by atoms with van der Waals surface area (Å²) >= 11 is 1.34. The molecule has 0 spiro atoms. The number of thiazole rings is 1. The lowest BCUT2D eigenvalue weighted by atomic mass is 10.1. The molecule has 144 valence electrons. The number of anilines is 1. The van der Waals surface area contributed by atoms with Gasteiger partial charge in [-0.05, 0) is 44.4 Å². The minimum atomic E-state index is -0.352. The summed E-state index contributed by atoms with van der Waals surface area (Å²) in [6.07, 6.45) is 3.21. The van der Waals surface area contributed by atoms with E-state index in [2.05, 4.69) is 10.3 Å². The Morgan fingerprint density at radius 3 is 2.74 bits per heavy atom. The average molecular weight is 388 g/mol. The van der Waals surface area contributed by atoms with Gasteiger partial charge in [0.2, 0.25) is 0 Å². The molecular formula is C19H24N4O3S. The number of benzene rings is 1. The second-order valence-electron chi connectivity index (χ2n) is 6.28. The molecule has 0 unspecified atom stereocenters. The van der Waals surface area contributed by atoms with Gasteiger partial charge in [-0.25, -0.2) is 4.98 Å². The van der Waals surface area contributed by atoms with Crippen molar-refractivity contribution in [2.45, 2.75) is 32.7 Å². The van der Waals surface area contributed by atoms with Crippen LogP contribution in [0.5, 0.6) is 5.75 Å². The Morgan fingerprint density at radius 1 is 1.30 bits per heavy atom. The van der Waals surface area contributed by atoms with Crippen molar-refractivity contribution in [2.75, 3.05) is 25.0 Å². The fourth-order valence-electron chi connectivity index (χ4n) is 3.02. The summed E-state index contributed by atoms with van der Waals surface area (Å²) in [5, 5.41) is 5.18. The Labute approximate surface area is 162 Å². The molecule has 1 aliphatic heterocycles. The number of piperidine rings is 1. The van der Waals surface area contributed by atoms with E-state index in [1.165, 1.54) is 11.3 Å². The normalized spacial score (nSPS) is 14.1. The number of carbonyl (C=O) groups is 2. The molecule has 3 rings (SSSR count). The second kappa shape index (κ2) is 8.96. The van der Waals surface area contributed by atoms with Gasteiger partial charge in [-0.3, -0.25) is 9.59 Å². The highest BCUT2D eigenvalue weighted by molar-refractivity contribution is 7.09. The molecule has 1 aromatic carbocycles. The van der Waals surface area contributed by atoms with Crippen molar-refractivity contribution >= 4 is 28.8 Å².